The molecule has 1 aliphatic rings. The minimum Gasteiger partial charge on any atom is -0.344 e. The molecular weight excluding hydrogens is 333 g/mol. The third-order valence-corrected chi connectivity index (χ3v) is 4.58. The number of aromatic nitrogens is 4. The number of hydrogen-bond acceptors (Lipinski definition) is 4. The van der Waals surface area contributed by atoms with Crippen molar-refractivity contribution in [3.05, 3.63) is 71.3 Å². The molecule has 1 N–H and O–H groups in total. The second kappa shape index (κ2) is 6.67. The molecule has 1 amide bonds. The Morgan fingerprint density at radius 3 is 2.85 bits per heavy atom. The lowest BCUT2D eigenvalue weighted by molar-refractivity contribution is 0.0927. The van der Waals surface area contributed by atoms with Crippen LogP contribution in [0.4, 0.5) is 4.39 Å². The summed E-state index contributed by atoms with van der Waals surface area (Å²) in [6.07, 6.45) is 7.24. The van der Waals surface area contributed by atoms with E-state index in [-0.39, 0.29) is 23.5 Å². The number of carbonyl (C=O) groups is 1. The van der Waals surface area contributed by atoms with Gasteiger partial charge in [0.2, 0.25) is 0 Å². The molecule has 0 aliphatic heterocycles. The molecule has 1 unspecified atom stereocenters. The standard InChI is InChI=1S/C19H18FN5O/c1-12-9-22-16(11-21-12)19(26)24-15-6-4-8-17-13(15)10-23-25(17)18-7-3-2-5-14(18)20/h2-3,5,7,9-11,15H,4,6,8H2,1H3,(H,24,26). The fraction of sp³-hybridized carbons (Fsp3) is 0.263. The van der Waals surface area contributed by atoms with E-state index in [9.17, 15) is 9.18 Å². The molecule has 0 saturated heterocycles. The van der Waals surface area contributed by atoms with Crippen LogP contribution in [-0.2, 0) is 6.42 Å². The molecule has 0 spiro atoms. The van der Waals surface area contributed by atoms with Gasteiger partial charge in [0.05, 0.1) is 24.1 Å². The molecular formula is C19H18FN5O. The monoisotopic (exact) mass is 351 g/mol. The maximum Gasteiger partial charge on any atom is 0.271 e. The summed E-state index contributed by atoms with van der Waals surface area (Å²) in [4.78, 5) is 20.7. The number of rotatable bonds is 3. The maximum atomic E-state index is 14.1. The van der Waals surface area contributed by atoms with Gasteiger partial charge in [-0.05, 0) is 38.3 Å². The molecule has 0 radical (unpaired) electrons. The van der Waals surface area contributed by atoms with Crippen LogP contribution in [0.15, 0.2) is 42.9 Å². The van der Waals surface area contributed by atoms with E-state index >= 15 is 0 Å². The lowest BCUT2D eigenvalue weighted by Gasteiger charge is -2.24. The number of para-hydroxylation sites is 1. The van der Waals surface area contributed by atoms with Gasteiger partial charge in [-0.25, -0.2) is 14.1 Å². The first kappa shape index (κ1) is 16.4. The number of amides is 1. The van der Waals surface area contributed by atoms with Crippen molar-refractivity contribution in [1.82, 2.24) is 25.1 Å². The molecule has 1 aliphatic carbocycles. The van der Waals surface area contributed by atoms with Crippen LogP contribution in [0.3, 0.4) is 0 Å². The molecule has 132 valence electrons. The van der Waals surface area contributed by atoms with Gasteiger partial charge in [-0.2, -0.15) is 5.10 Å². The quantitative estimate of drug-likeness (QED) is 0.787. The SMILES string of the molecule is Cc1cnc(C(=O)NC2CCCc3c2cnn3-c2ccccc2F)cn1. The van der Waals surface area contributed by atoms with Crippen LogP contribution in [0.5, 0.6) is 0 Å². The topological polar surface area (TPSA) is 72.7 Å². The number of fused-ring (bicyclic) bond motifs is 1. The van der Waals surface area contributed by atoms with Gasteiger partial charge < -0.3 is 5.32 Å². The van der Waals surface area contributed by atoms with Crippen LogP contribution in [0, 0.1) is 12.7 Å². The first-order valence-electron chi connectivity index (χ1n) is 8.54. The first-order chi connectivity index (χ1) is 12.6. The molecule has 0 fully saturated rings. The van der Waals surface area contributed by atoms with E-state index < -0.39 is 0 Å². The zero-order chi connectivity index (χ0) is 18.1. The number of nitrogens with zero attached hydrogens (tertiary/aromatic N) is 4. The highest BCUT2D eigenvalue weighted by Gasteiger charge is 2.27. The third-order valence-electron chi connectivity index (χ3n) is 4.58. The van der Waals surface area contributed by atoms with Gasteiger partial charge in [-0.3, -0.25) is 9.78 Å². The fourth-order valence-corrected chi connectivity index (χ4v) is 3.28. The van der Waals surface area contributed by atoms with Gasteiger partial charge in [0.25, 0.3) is 5.91 Å². The number of benzene rings is 1. The number of hydrogen-bond donors (Lipinski definition) is 1. The molecule has 0 bridgehead atoms. The van der Waals surface area contributed by atoms with Crippen LogP contribution in [-0.4, -0.2) is 25.7 Å². The zero-order valence-electron chi connectivity index (χ0n) is 14.3. The average Bonchev–Trinajstić information content (AvgIpc) is 3.07. The van der Waals surface area contributed by atoms with Crippen molar-refractivity contribution in [2.24, 2.45) is 0 Å². The molecule has 7 heteroatoms. The van der Waals surface area contributed by atoms with E-state index in [4.69, 9.17) is 0 Å². The lowest BCUT2D eigenvalue weighted by atomic mass is 9.92. The van der Waals surface area contributed by atoms with Crippen molar-refractivity contribution in [2.45, 2.75) is 32.2 Å². The summed E-state index contributed by atoms with van der Waals surface area (Å²) in [6, 6.07) is 6.38. The second-order valence-electron chi connectivity index (χ2n) is 6.37. The Bertz CT molecular complexity index is 951. The van der Waals surface area contributed by atoms with Gasteiger partial charge in [0.1, 0.15) is 17.2 Å². The highest BCUT2D eigenvalue weighted by atomic mass is 19.1. The van der Waals surface area contributed by atoms with E-state index in [0.29, 0.717) is 5.69 Å². The van der Waals surface area contributed by atoms with Crippen molar-refractivity contribution in [1.29, 1.82) is 0 Å². The molecule has 2 heterocycles. The number of nitrogens with one attached hydrogen (secondary N) is 1. The predicted octanol–water partition coefficient (Wildman–Crippen LogP) is 2.92. The van der Waals surface area contributed by atoms with Gasteiger partial charge >= 0.3 is 0 Å². The van der Waals surface area contributed by atoms with Crippen molar-refractivity contribution >= 4 is 5.91 Å². The van der Waals surface area contributed by atoms with E-state index in [1.165, 1.54) is 12.3 Å². The van der Waals surface area contributed by atoms with Gasteiger partial charge in [0.15, 0.2) is 0 Å². The van der Waals surface area contributed by atoms with Crippen LogP contribution in [0.25, 0.3) is 5.69 Å². The van der Waals surface area contributed by atoms with E-state index in [0.717, 1.165) is 36.2 Å². The Kier molecular flexibility index (Phi) is 4.20. The van der Waals surface area contributed by atoms with Crippen LogP contribution >= 0.6 is 0 Å². The number of carbonyl (C=O) groups excluding carboxylic acids is 1. The highest BCUT2D eigenvalue weighted by Crippen LogP contribution is 2.31. The summed E-state index contributed by atoms with van der Waals surface area (Å²) in [7, 11) is 0. The summed E-state index contributed by atoms with van der Waals surface area (Å²) in [5.41, 5.74) is 3.32. The molecule has 26 heavy (non-hydrogen) atoms. The normalized spacial score (nSPS) is 16.2. The van der Waals surface area contributed by atoms with Crippen LogP contribution in [0.2, 0.25) is 0 Å². The van der Waals surface area contributed by atoms with Gasteiger partial charge in [-0.1, -0.05) is 12.1 Å². The third kappa shape index (κ3) is 2.96. The Hall–Kier alpha value is -3.09. The summed E-state index contributed by atoms with van der Waals surface area (Å²) < 4.78 is 15.8. The van der Waals surface area contributed by atoms with E-state index in [2.05, 4.69) is 20.4 Å². The number of aryl methyl sites for hydroxylation is 1. The molecule has 4 rings (SSSR count). The lowest BCUT2D eigenvalue weighted by Crippen LogP contribution is -2.31. The smallest absolute Gasteiger partial charge is 0.271 e. The second-order valence-corrected chi connectivity index (χ2v) is 6.37. The van der Waals surface area contributed by atoms with Crippen molar-refractivity contribution in [3.63, 3.8) is 0 Å². The van der Waals surface area contributed by atoms with Gasteiger partial charge in [-0.15, -0.1) is 0 Å². The largest absolute Gasteiger partial charge is 0.344 e. The fourth-order valence-electron chi connectivity index (χ4n) is 3.28. The number of halogens is 1. The minimum absolute atomic E-state index is 0.171. The predicted molar refractivity (Wildman–Crippen MR) is 93.4 cm³/mol. The molecule has 6 nitrogen and oxygen atoms in total. The van der Waals surface area contributed by atoms with Crippen LogP contribution in [0.1, 0.15) is 46.3 Å². The zero-order valence-corrected chi connectivity index (χ0v) is 14.3. The Morgan fingerprint density at radius 1 is 1.23 bits per heavy atom. The van der Waals surface area contributed by atoms with Crippen molar-refractivity contribution in [3.8, 4) is 5.69 Å². The minimum atomic E-state index is -0.320. The molecule has 0 saturated carbocycles. The molecule has 3 aromatic rings. The van der Waals surface area contributed by atoms with Crippen LogP contribution < -0.4 is 5.32 Å². The summed E-state index contributed by atoms with van der Waals surface area (Å²) >= 11 is 0. The first-order valence-corrected chi connectivity index (χ1v) is 8.54. The Morgan fingerprint density at radius 2 is 2.08 bits per heavy atom. The highest BCUT2D eigenvalue weighted by molar-refractivity contribution is 5.92. The molecule has 1 aromatic carbocycles. The summed E-state index contributed by atoms with van der Waals surface area (Å²) in [6.45, 7) is 1.82. The average molecular weight is 351 g/mol. The summed E-state index contributed by atoms with van der Waals surface area (Å²) in [5.74, 6) is -0.589. The van der Waals surface area contributed by atoms with E-state index in [1.54, 1.807) is 35.3 Å². The Balaban J connectivity index is 1.61. The molecule has 2 aromatic heterocycles. The molecule has 1 atom stereocenters. The van der Waals surface area contributed by atoms with Crippen molar-refractivity contribution < 1.29 is 9.18 Å². The van der Waals surface area contributed by atoms with Gasteiger partial charge in [0, 0.05) is 17.5 Å². The maximum absolute atomic E-state index is 14.1. The van der Waals surface area contributed by atoms with E-state index in [1.807, 2.05) is 6.92 Å². The summed E-state index contributed by atoms with van der Waals surface area (Å²) in [5, 5.41) is 7.37. The Labute approximate surface area is 150 Å². The van der Waals surface area contributed by atoms with Crippen molar-refractivity contribution in [2.75, 3.05) is 0 Å².